The third-order valence-corrected chi connectivity index (χ3v) is 4.58. The molecule has 0 aromatic heterocycles. The van der Waals surface area contributed by atoms with Crippen molar-refractivity contribution in [2.75, 3.05) is 11.4 Å². The van der Waals surface area contributed by atoms with Crippen LogP contribution < -0.4 is 10.2 Å². The molecule has 1 heterocycles. The lowest BCUT2D eigenvalue weighted by molar-refractivity contribution is -0.120. The van der Waals surface area contributed by atoms with E-state index in [9.17, 15) is 9.59 Å². The number of halogens is 1. The van der Waals surface area contributed by atoms with Crippen molar-refractivity contribution in [2.45, 2.75) is 18.9 Å². The van der Waals surface area contributed by atoms with Crippen molar-refractivity contribution < 1.29 is 14.7 Å². The molecule has 2 aromatic rings. The quantitative estimate of drug-likeness (QED) is 0.844. The van der Waals surface area contributed by atoms with Crippen molar-refractivity contribution >= 4 is 33.6 Å². The van der Waals surface area contributed by atoms with E-state index in [-0.39, 0.29) is 5.91 Å². The molecule has 0 saturated carbocycles. The number of fused-ring (bicyclic) bond motifs is 1. The Balaban J connectivity index is 1.85. The van der Waals surface area contributed by atoms with Gasteiger partial charge in [-0.1, -0.05) is 52.3 Å². The molecule has 3 rings (SSSR count). The van der Waals surface area contributed by atoms with Gasteiger partial charge in [0.1, 0.15) is 6.04 Å². The van der Waals surface area contributed by atoms with Crippen LogP contribution in [0.4, 0.5) is 10.5 Å². The first-order valence-corrected chi connectivity index (χ1v) is 8.47. The SMILES string of the molecule is O=C(O)NC(Cc1ccccc1)C(=O)N1CCc2ccc(Br)cc21. The summed E-state index contributed by atoms with van der Waals surface area (Å²) in [6.07, 6.45) is -0.0939. The van der Waals surface area contributed by atoms with Crippen molar-refractivity contribution in [3.63, 3.8) is 0 Å². The molecule has 2 aromatic carbocycles. The Labute approximate surface area is 148 Å². The molecule has 1 unspecified atom stereocenters. The Hall–Kier alpha value is -2.34. The number of anilines is 1. The first-order valence-electron chi connectivity index (χ1n) is 7.68. The maximum absolute atomic E-state index is 12.9. The number of rotatable bonds is 4. The molecule has 0 radical (unpaired) electrons. The van der Waals surface area contributed by atoms with Crippen LogP contribution in [0.5, 0.6) is 0 Å². The van der Waals surface area contributed by atoms with E-state index in [0.717, 1.165) is 27.7 Å². The molecule has 124 valence electrons. The van der Waals surface area contributed by atoms with E-state index in [2.05, 4.69) is 21.2 Å². The minimum Gasteiger partial charge on any atom is -0.465 e. The lowest BCUT2D eigenvalue weighted by atomic mass is 10.0. The van der Waals surface area contributed by atoms with Crippen LogP contribution in [0.15, 0.2) is 53.0 Å². The normalized spacial score (nSPS) is 14.1. The van der Waals surface area contributed by atoms with E-state index in [1.165, 1.54) is 0 Å². The van der Waals surface area contributed by atoms with Crippen LogP contribution in [-0.2, 0) is 17.6 Å². The molecule has 24 heavy (non-hydrogen) atoms. The van der Waals surface area contributed by atoms with Gasteiger partial charge >= 0.3 is 6.09 Å². The molecule has 1 aliphatic heterocycles. The second kappa shape index (κ2) is 7.05. The number of hydrogen-bond donors (Lipinski definition) is 2. The Kier molecular flexibility index (Phi) is 4.85. The van der Waals surface area contributed by atoms with E-state index < -0.39 is 12.1 Å². The van der Waals surface area contributed by atoms with Gasteiger partial charge in [-0.05, 0) is 29.7 Å². The van der Waals surface area contributed by atoms with Gasteiger partial charge in [-0.2, -0.15) is 0 Å². The highest BCUT2D eigenvalue weighted by Gasteiger charge is 2.31. The van der Waals surface area contributed by atoms with Gasteiger partial charge in [0.2, 0.25) is 5.91 Å². The lowest BCUT2D eigenvalue weighted by Gasteiger charge is -2.24. The van der Waals surface area contributed by atoms with Gasteiger partial charge in [0, 0.05) is 23.1 Å². The van der Waals surface area contributed by atoms with E-state index in [1.807, 2.05) is 48.5 Å². The topological polar surface area (TPSA) is 69.6 Å². The largest absolute Gasteiger partial charge is 0.465 e. The monoisotopic (exact) mass is 388 g/mol. The third kappa shape index (κ3) is 3.59. The molecule has 5 nitrogen and oxygen atoms in total. The van der Waals surface area contributed by atoms with Crippen LogP contribution >= 0.6 is 15.9 Å². The molecule has 1 aliphatic rings. The average Bonchev–Trinajstić information content (AvgIpc) is 2.97. The molecular weight excluding hydrogens is 372 g/mol. The molecule has 0 saturated heterocycles. The van der Waals surface area contributed by atoms with Crippen molar-refractivity contribution in [1.29, 1.82) is 0 Å². The molecule has 1 atom stereocenters. The Morgan fingerprint density at radius 1 is 1.21 bits per heavy atom. The number of benzene rings is 2. The summed E-state index contributed by atoms with van der Waals surface area (Å²) in [6.45, 7) is 0.567. The Bertz CT molecular complexity index is 764. The second-order valence-corrected chi connectivity index (χ2v) is 6.62. The molecule has 0 fully saturated rings. The van der Waals surface area contributed by atoms with Gasteiger partial charge < -0.3 is 15.3 Å². The molecule has 0 aliphatic carbocycles. The van der Waals surface area contributed by atoms with Crippen LogP contribution in [0.3, 0.4) is 0 Å². The summed E-state index contributed by atoms with van der Waals surface area (Å²) in [4.78, 5) is 25.7. The fourth-order valence-electron chi connectivity index (χ4n) is 2.97. The maximum Gasteiger partial charge on any atom is 0.405 e. The van der Waals surface area contributed by atoms with E-state index >= 15 is 0 Å². The Morgan fingerprint density at radius 2 is 1.96 bits per heavy atom. The smallest absolute Gasteiger partial charge is 0.405 e. The molecule has 2 N–H and O–H groups in total. The van der Waals surface area contributed by atoms with E-state index in [0.29, 0.717) is 13.0 Å². The van der Waals surface area contributed by atoms with Crippen LogP contribution in [0, 0.1) is 0 Å². The maximum atomic E-state index is 12.9. The number of nitrogens with zero attached hydrogens (tertiary/aromatic N) is 1. The highest BCUT2D eigenvalue weighted by Crippen LogP contribution is 2.31. The number of carboxylic acid groups (broad SMARTS) is 1. The van der Waals surface area contributed by atoms with Gasteiger partial charge in [0.15, 0.2) is 0 Å². The lowest BCUT2D eigenvalue weighted by Crippen LogP contribution is -2.49. The van der Waals surface area contributed by atoms with Crippen LogP contribution in [0.1, 0.15) is 11.1 Å². The first kappa shape index (κ1) is 16.5. The summed E-state index contributed by atoms with van der Waals surface area (Å²) in [5.41, 5.74) is 2.86. The highest BCUT2D eigenvalue weighted by atomic mass is 79.9. The van der Waals surface area contributed by atoms with E-state index in [4.69, 9.17) is 5.11 Å². The summed E-state index contributed by atoms with van der Waals surface area (Å²) in [6, 6.07) is 14.4. The molecule has 0 bridgehead atoms. The summed E-state index contributed by atoms with van der Waals surface area (Å²) in [5, 5.41) is 11.5. The number of carbonyl (C=O) groups excluding carboxylic acids is 1. The zero-order chi connectivity index (χ0) is 17.1. The molecule has 0 spiro atoms. The minimum atomic E-state index is -1.20. The number of carbonyl (C=O) groups is 2. The predicted octanol–water partition coefficient (Wildman–Crippen LogP) is 3.22. The van der Waals surface area contributed by atoms with Crippen molar-refractivity contribution in [3.05, 3.63) is 64.1 Å². The van der Waals surface area contributed by atoms with E-state index in [1.54, 1.807) is 4.90 Å². The number of nitrogens with one attached hydrogen (secondary N) is 1. The molecule has 6 heteroatoms. The summed E-state index contributed by atoms with van der Waals surface area (Å²) in [5.74, 6) is -0.224. The average molecular weight is 389 g/mol. The fraction of sp³-hybridized carbons (Fsp3) is 0.222. The van der Waals surface area contributed by atoms with Gasteiger partial charge in [-0.15, -0.1) is 0 Å². The number of hydrogen-bond acceptors (Lipinski definition) is 2. The summed E-state index contributed by atoms with van der Waals surface area (Å²) >= 11 is 3.42. The van der Waals surface area contributed by atoms with Gasteiger partial charge in [-0.25, -0.2) is 4.79 Å². The van der Waals surface area contributed by atoms with Gasteiger partial charge in [0.25, 0.3) is 0 Å². The van der Waals surface area contributed by atoms with Crippen molar-refractivity contribution in [3.8, 4) is 0 Å². The fourth-order valence-corrected chi connectivity index (χ4v) is 3.32. The van der Waals surface area contributed by atoms with Crippen LogP contribution in [0.25, 0.3) is 0 Å². The van der Waals surface area contributed by atoms with Crippen LogP contribution in [0.2, 0.25) is 0 Å². The minimum absolute atomic E-state index is 0.224. The van der Waals surface area contributed by atoms with Crippen LogP contribution in [-0.4, -0.2) is 29.7 Å². The predicted molar refractivity (Wildman–Crippen MR) is 95.3 cm³/mol. The zero-order valence-electron chi connectivity index (χ0n) is 12.9. The third-order valence-electron chi connectivity index (χ3n) is 4.09. The van der Waals surface area contributed by atoms with Crippen molar-refractivity contribution in [2.24, 2.45) is 0 Å². The second-order valence-electron chi connectivity index (χ2n) is 5.70. The zero-order valence-corrected chi connectivity index (χ0v) is 14.5. The summed E-state index contributed by atoms with van der Waals surface area (Å²) in [7, 11) is 0. The standard InChI is InChI=1S/C18H17BrN2O3/c19-14-7-6-13-8-9-21(16(13)11-14)17(22)15(20-18(23)24)10-12-4-2-1-3-5-12/h1-7,11,15,20H,8-10H2,(H,23,24). The highest BCUT2D eigenvalue weighted by molar-refractivity contribution is 9.10. The van der Waals surface area contributed by atoms with Gasteiger partial charge in [-0.3, -0.25) is 4.79 Å². The Morgan fingerprint density at radius 3 is 2.67 bits per heavy atom. The summed E-state index contributed by atoms with van der Waals surface area (Å²) < 4.78 is 0.895. The molecular formula is C18H17BrN2O3. The first-order chi connectivity index (χ1) is 11.5. The van der Waals surface area contributed by atoms with Gasteiger partial charge in [0.05, 0.1) is 0 Å². The number of amides is 2. The van der Waals surface area contributed by atoms with Crippen molar-refractivity contribution in [1.82, 2.24) is 5.32 Å². The molecule has 2 amide bonds.